The van der Waals surface area contributed by atoms with Gasteiger partial charge in [-0.1, -0.05) is 18.1 Å². The molecule has 1 aromatic carbocycles. The van der Waals surface area contributed by atoms with Crippen molar-refractivity contribution in [3.8, 4) is 5.75 Å². The highest BCUT2D eigenvalue weighted by atomic mass is 16.5. The summed E-state index contributed by atoms with van der Waals surface area (Å²) in [6, 6.07) is 5.59. The molecule has 0 aromatic heterocycles. The molecule has 4 N–H and O–H groups in total. The summed E-state index contributed by atoms with van der Waals surface area (Å²) in [5, 5.41) is 14.9. The van der Waals surface area contributed by atoms with Gasteiger partial charge in [0.25, 0.3) is 0 Å². The third-order valence-electron chi connectivity index (χ3n) is 2.23. The molecule has 0 amide bonds. The molecule has 0 saturated carbocycles. The van der Waals surface area contributed by atoms with Gasteiger partial charge in [-0.3, -0.25) is 0 Å². The van der Waals surface area contributed by atoms with Crippen LogP contribution in [0.3, 0.4) is 0 Å². The van der Waals surface area contributed by atoms with Crippen LogP contribution in [0.5, 0.6) is 5.75 Å². The summed E-state index contributed by atoms with van der Waals surface area (Å²) in [6.07, 6.45) is 0. The first-order valence-electron chi connectivity index (χ1n) is 5.08. The van der Waals surface area contributed by atoms with E-state index in [0.717, 1.165) is 18.7 Å². The van der Waals surface area contributed by atoms with Gasteiger partial charge in [0.05, 0.1) is 12.7 Å². The fourth-order valence-corrected chi connectivity index (χ4v) is 1.39. The zero-order valence-electron chi connectivity index (χ0n) is 9.53. The number of oxime groups is 1. The highest BCUT2D eigenvalue weighted by molar-refractivity contribution is 5.99. The number of benzene rings is 1. The van der Waals surface area contributed by atoms with E-state index in [-0.39, 0.29) is 5.84 Å². The molecule has 0 saturated heterocycles. The van der Waals surface area contributed by atoms with Gasteiger partial charge in [0, 0.05) is 6.54 Å². The van der Waals surface area contributed by atoms with Gasteiger partial charge in [-0.25, -0.2) is 0 Å². The molecule has 0 aliphatic rings. The number of rotatable bonds is 5. The second kappa shape index (κ2) is 5.97. The van der Waals surface area contributed by atoms with Gasteiger partial charge in [0.1, 0.15) is 5.75 Å². The Morgan fingerprint density at radius 3 is 2.88 bits per heavy atom. The van der Waals surface area contributed by atoms with Crippen LogP contribution in [-0.4, -0.2) is 24.7 Å². The Labute approximate surface area is 94.9 Å². The van der Waals surface area contributed by atoms with Crippen molar-refractivity contribution in [3.63, 3.8) is 0 Å². The molecule has 0 spiro atoms. The summed E-state index contributed by atoms with van der Waals surface area (Å²) in [7, 11) is 1.55. The average molecular weight is 223 g/mol. The van der Waals surface area contributed by atoms with Crippen molar-refractivity contribution in [2.24, 2.45) is 10.9 Å². The summed E-state index contributed by atoms with van der Waals surface area (Å²) < 4.78 is 5.14. The fraction of sp³-hybridized carbons (Fsp3) is 0.364. The third kappa shape index (κ3) is 2.87. The summed E-state index contributed by atoms with van der Waals surface area (Å²) >= 11 is 0. The first-order chi connectivity index (χ1) is 7.72. The van der Waals surface area contributed by atoms with Gasteiger partial charge in [0.15, 0.2) is 5.84 Å². The molecule has 88 valence electrons. The van der Waals surface area contributed by atoms with Crippen LogP contribution in [0, 0.1) is 0 Å². The van der Waals surface area contributed by atoms with Crippen LogP contribution in [0.15, 0.2) is 23.4 Å². The van der Waals surface area contributed by atoms with Crippen LogP contribution in [0.1, 0.15) is 18.1 Å². The van der Waals surface area contributed by atoms with Crippen LogP contribution < -0.4 is 15.8 Å². The minimum Gasteiger partial charge on any atom is -0.496 e. The molecule has 0 atom stereocenters. The lowest BCUT2D eigenvalue weighted by Gasteiger charge is -2.09. The van der Waals surface area contributed by atoms with Crippen molar-refractivity contribution in [2.45, 2.75) is 13.5 Å². The maximum absolute atomic E-state index is 8.67. The number of hydrogen-bond acceptors (Lipinski definition) is 4. The van der Waals surface area contributed by atoms with E-state index < -0.39 is 0 Å². The Morgan fingerprint density at radius 2 is 2.31 bits per heavy atom. The molecule has 0 aliphatic heterocycles. The summed E-state index contributed by atoms with van der Waals surface area (Å²) in [6.45, 7) is 3.67. The normalized spacial score (nSPS) is 11.5. The Kier molecular flexibility index (Phi) is 4.60. The minimum atomic E-state index is 0.0511. The molecule has 16 heavy (non-hydrogen) atoms. The number of nitrogens with zero attached hydrogens (tertiary/aromatic N) is 1. The van der Waals surface area contributed by atoms with E-state index in [2.05, 4.69) is 10.5 Å². The predicted molar refractivity (Wildman–Crippen MR) is 62.9 cm³/mol. The first kappa shape index (κ1) is 12.3. The summed E-state index contributed by atoms with van der Waals surface area (Å²) in [5.41, 5.74) is 7.22. The first-order valence-corrected chi connectivity index (χ1v) is 5.08. The van der Waals surface area contributed by atoms with Gasteiger partial charge in [-0.05, 0) is 24.2 Å². The predicted octanol–water partition coefficient (Wildman–Crippen LogP) is 0.899. The van der Waals surface area contributed by atoms with E-state index in [0.29, 0.717) is 11.3 Å². The highest BCUT2D eigenvalue weighted by Gasteiger charge is 2.08. The van der Waals surface area contributed by atoms with E-state index >= 15 is 0 Å². The molecule has 0 radical (unpaired) electrons. The maximum atomic E-state index is 8.67. The van der Waals surface area contributed by atoms with Gasteiger partial charge in [-0.2, -0.15) is 0 Å². The van der Waals surface area contributed by atoms with Gasteiger partial charge in [-0.15, -0.1) is 0 Å². The molecular formula is C11H17N3O2. The second-order valence-electron chi connectivity index (χ2n) is 3.30. The minimum absolute atomic E-state index is 0.0511. The van der Waals surface area contributed by atoms with Crippen LogP contribution in [0.25, 0.3) is 0 Å². The van der Waals surface area contributed by atoms with E-state index in [1.54, 1.807) is 13.2 Å². The van der Waals surface area contributed by atoms with E-state index in [1.807, 2.05) is 19.1 Å². The Balaban J connectivity index is 3.01. The average Bonchev–Trinajstić information content (AvgIpc) is 2.35. The Morgan fingerprint density at radius 1 is 1.56 bits per heavy atom. The maximum Gasteiger partial charge on any atom is 0.173 e. The molecular weight excluding hydrogens is 206 g/mol. The fourth-order valence-electron chi connectivity index (χ4n) is 1.39. The molecule has 0 unspecified atom stereocenters. The summed E-state index contributed by atoms with van der Waals surface area (Å²) in [4.78, 5) is 0. The lowest BCUT2D eigenvalue weighted by molar-refractivity contribution is 0.318. The molecule has 5 heteroatoms. The zero-order valence-corrected chi connectivity index (χ0v) is 9.53. The van der Waals surface area contributed by atoms with E-state index in [9.17, 15) is 0 Å². The Hall–Kier alpha value is -1.75. The summed E-state index contributed by atoms with van der Waals surface area (Å²) in [5.74, 6) is 0.644. The lowest BCUT2D eigenvalue weighted by Crippen LogP contribution is -2.16. The monoisotopic (exact) mass is 223 g/mol. The molecule has 0 aliphatic carbocycles. The quantitative estimate of drug-likeness (QED) is 0.300. The highest BCUT2D eigenvalue weighted by Crippen LogP contribution is 2.19. The number of hydrogen-bond donors (Lipinski definition) is 3. The second-order valence-corrected chi connectivity index (χ2v) is 3.30. The standard InChI is InChI=1S/C11H17N3O2/c1-3-13-7-8-4-5-10(16-2)9(6-8)11(12)14-15/h4-6,13,15H,3,7H2,1-2H3,(H2,12,14). The van der Waals surface area contributed by atoms with Crippen molar-refractivity contribution >= 4 is 5.84 Å². The number of methoxy groups -OCH3 is 1. The number of ether oxygens (including phenoxy) is 1. The molecule has 0 heterocycles. The van der Waals surface area contributed by atoms with Gasteiger partial charge >= 0.3 is 0 Å². The lowest BCUT2D eigenvalue weighted by atomic mass is 10.1. The number of nitrogens with one attached hydrogen (secondary N) is 1. The third-order valence-corrected chi connectivity index (χ3v) is 2.23. The van der Waals surface area contributed by atoms with Gasteiger partial charge < -0.3 is 21.0 Å². The van der Waals surface area contributed by atoms with Crippen molar-refractivity contribution in [1.82, 2.24) is 5.32 Å². The van der Waals surface area contributed by atoms with Crippen LogP contribution in [0.4, 0.5) is 0 Å². The number of nitrogens with two attached hydrogens (primary N) is 1. The van der Waals surface area contributed by atoms with Crippen molar-refractivity contribution < 1.29 is 9.94 Å². The molecule has 5 nitrogen and oxygen atoms in total. The van der Waals surface area contributed by atoms with Gasteiger partial charge in [0.2, 0.25) is 0 Å². The van der Waals surface area contributed by atoms with Crippen LogP contribution >= 0.6 is 0 Å². The molecule has 0 bridgehead atoms. The largest absolute Gasteiger partial charge is 0.496 e. The smallest absolute Gasteiger partial charge is 0.173 e. The zero-order chi connectivity index (χ0) is 12.0. The van der Waals surface area contributed by atoms with Crippen molar-refractivity contribution in [1.29, 1.82) is 0 Å². The van der Waals surface area contributed by atoms with Crippen LogP contribution in [0.2, 0.25) is 0 Å². The van der Waals surface area contributed by atoms with E-state index in [1.165, 1.54) is 0 Å². The van der Waals surface area contributed by atoms with Crippen LogP contribution in [-0.2, 0) is 6.54 Å². The van der Waals surface area contributed by atoms with E-state index in [4.69, 9.17) is 15.7 Å². The SMILES string of the molecule is CCNCc1ccc(OC)c(C(N)=NO)c1. The van der Waals surface area contributed by atoms with Crippen molar-refractivity contribution in [3.05, 3.63) is 29.3 Å². The van der Waals surface area contributed by atoms with Crippen molar-refractivity contribution in [2.75, 3.05) is 13.7 Å². The Bertz CT molecular complexity index is 377. The molecule has 1 aromatic rings. The number of amidine groups is 1. The molecule has 1 rings (SSSR count). The topological polar surface area (TPSA) is 79.9 Å². The molecule has 0 fully saturated rings.